The summed E-state index contributed by atoms with van der Waals surface area (Å²) in [5.74, 6) is -0.0353. The number of hydrogen-bond donors (Lipinski definition) is 0. The number of rotatable bonds is 5. The smallest absolute Gasteiger partial charge is 0.409 e. The largest absolute Gasteiger partial charge is 0.418 e. The quantitative estimate of drug-likeness (QED) is 0.210. The van der Waals surface area contributed by atoms with Crippen molar-refractivity contribution in [3.8, 4) is 5.75 Å². The van der Waals surface area contributed by atoms with Crippen molar-refractivity contribution < 1.29 is 18.9 Å². The molecule has 3 aromatic carbocycles. The molecule has 0 fully saturated rings. The fourth-order valence-corrected chi connectivity index (χ4v) is 3.45. The number of Topliss-reactive ketones (excluding diaryl/α,β-unsaturated/α-hetero) is 1. The molecule has 0 saturated carbocycles. The van der Waals surface area contributed by atoms with Gasteiger partial charge in [-0.1, -0.05) is 60.7 Å². The van der Waals surface area contributed by atoms with Crippen molar-refractivity contribution in [2.24, 2.45) is 0 Å². The molecule has 0 atom stereocenters. The molecule has 4 aromatic rings. The molecule has 0 aliphatic heterocycles. The summed E-state index contributed by atoms with van der Waals surface area (Å²) in [4.78, 5) is 26.1. The third-order valence-corrected chi connectivity index (χ3v) is 5.09. The van der Waals surface area contributed by atoms with Crippen LogP contribution in [-0.4, -0.2) is 11.8 Å². The Labute approximate surface area is 175 Å². The van der Waals surface area contributed by atoms with E-state index >= 15 is 0 Å². The van der Waals surface area contributed by atoms with Gasteiger partial charge in [0.2, 0.25) is 12.3 Å². The highest BCUT2D eigenvalue weighted by molar-refractivity contribution is 6.02. The van der Waals surface area contributed by atoms with Crippen molar-refractivity contribution in [2.75, 3.05) is 0 Å². The van der Waals surface area contributed by atoms with Crippen LogP contribution in [0.4, 0.5) is 0 Å². The first-order valence-electron chi connectivity index (χ1n) is 9.82. The first kappa shape index (κ1) is 19.5. The summed E-state index contributed by atoms with van der Waals surface area (Å²) in [5, 5.41) is 1.66. The zero-order valence-electron chi connectivity index (χ0n) is 17.0. The Balaban J connectivity index is 1.76. The van der Waals surface area contributed by atoms with Gasteiger partial charge in [-0.3, -0.25) is 4.79 Å². The Morgan fingerprint density at radius 2 is 1.60 bits per heavy atom. The van der Waals surface area contributed by atoms with Gasteiger partial charge in [-0.2, -0.15) is 4.57 Å². The summed E-state index contributed by atoms with van der Waals surface area (Å²) >= 11 is 0. The predicted octanol–water partition coefficient (Wildman–Crippen LogP) is 4.85. The average molecular weight is 396 g/mol. The number of fused-ring (bicyclic) bond motifs is 1. The average Bonchev–Trinajstić information content (AvgIpc) is 2.76. The Hall–Kier alpha value is -3.79. The van der Waals surface area contributed by atoms with Crippen LogP contribution in [-0.2, 0) is 6.54 Å². The monoisotopic (exact) mass is 396 g/mol. The second kappa shape index (κ2) is 8.29. The van der Waals surface area contributed by atoms with Crippen molar-refractivity contribution in [1.82, 2.24) is 0 Å². The van der Waals surface area contributed by atoms with Crippen molar-refractivity contribution in [3.05, 3.63) is 107 Å². The van der Waals surface area contributed by atoms with Gasteiger partial charge in [0, 0.05) is 11.6 Å². The SMILES string of the molecule is Cc1ccc(C)c(OC(=O)c2c3ccccc3cc[n+]2CC(=O)c2ccccc2)c1. The molecule has 0 aliphatic rings. The highest BCUT2D eigenvalue weighted by Crippen LogP contribution is 2.22. The van der Waals surface area contributed by atoms with Crippen LogP contribution in [0.1, 0.15) is 32.0 Å². The normalized spacial score (nSPS) is 10.7. The van der Waals surface area contributed by atoms with Gasteiger partial charge in [-0.05, 0) is 42.5 Å². The lowest BCUT2D eigenvalue weighted by molar-refractivity contribution is -0.684. The van der Waals surface area contributed by atoms with Crippen molar-refractivity contribution in [3.63, 3.8) is 0 Å². The van der Waals surface area contributed by atoms with E-state index in [0.717, 1.165) is 21.9 Å². The molecule has 30 heavy (non-hydrogen) atoms. The van der Waals surface area contributed by atoms with Gasteiger partial charge in [0.05, 0.1) is 5.39 Å². The topological polar surface area (TPSA) is 47.2 Å². The van der Waals surface area contributed by atoms with Crippen LogP contribution in [0.5, 0.6) is 5.75 Å². The number of esters is 1. The molecule has 0 saturated heterocycles. The predicted molar refractivity (Wildman–Crippen MR) is 116 cm³/mol. The maximum Gasteiger partial charge on any atom is 0.409 e. The Bertz CT molecular complexity index is 1250. The molecule has 0 amide bonds. The van der Waals surface area contributed by atoms with E-state index in [4.69, 9.17) is 4.74 Å². The first-order chi connectivity index (χ1) is 14.5. The minimum atomic E-state index is -0.485. The number of carbonyl (C=O) groups is 2. The minimum absolute atomic E-state index is 0.0477. The Kier molecular flexibility index (Phi) is 5.40. The fourth-order valence-electron chi connectivity index (χ4n) is 3.45. The van der Waals surface area contributed by atoms with Crippen LogP contribution in [0.3, 0.4) is 0 Å². The highest BCUT2D eigenvalue weighted by Gasteiger charge is 2.27. The number of ketones is 1. The molecule has 0 bridgehead atoms. The summed E-state index contributed by atoms with van der Waals surface area (Å²) in [6.45, 7) is 3.90. The Morgan fingerprint density at radius 1 is 0.867 bits per heavy atom. The highest BCUT2D eigenvalue weighted by atomic mass is 16.5. The standard InChI is InChI=1S/C26H22NO3/c1-18-12-13-19(2)24(16-18)30-26(29)25-22-11-7-6-8-20(22)14-15-27(25)17-23(28)21-9-4-3-5-10-21/h3-16H,17H2,1-2H3/q+1. The summed E-state index contributed by atoms with van der Waals surface area (Å²) < 4.78 is 7.45. The van der Waals surface area contributed by atoms with Gasteiger partial charge in [-0.25, -0.2) is 4.79 Å². The summed E-state index contributed by atoms with van der Waals surface area (Å²) in [6.07, 6.45) is 1.77. The number of ether oxygens (including phenoxy) is 1. The van der Waals surface area contributed by atoms with Gasteiger partial charge in [0.25, 0.3) is 5.69 Å². The molecule has 1 heterocycles. The molecular weight excluding hydrogens is 374 g/mol. The molecular formula is C26H22NO3+. The van der Waals surface area contributed by atoms with E-state index in [1.54, 1.807) is 22.9 Å². The zero-order chi connectivity index (χ0) is 21.1. The van der Waals surface area contributed by atoms with E-state index in [9.17, 15) is 9.59 Å². The number of aryl methyl sites for hydroxylation is 2. The molecule has 0 aliphatic carbocycles. The van der Waals surface area contributed by atoms with Gasteiger partial charge < -0.3 is 4.74 Å². The molecule has 4 nitrogen and oxygen atoms in total. The maximum atomic E-state index is 13.3. The third kappa shape index (κ3) is 3.98. The zero-order valence-corrected chi connectivity index (χ0v) is 17.0. The van der Waals surface area contributed by atoms with E-state index in [1.165, 1.54) is 0 Å². The lowest BCUT2D eigenvalue weighted by Gasteiger charge is -2.10. The molecule has 4 rings (SSSR count). The molecule has 0 radical (unpaired) electrons. The van der Waals surface area contributed by atoms with Crippen molar-refractivity contribution in [2.45, 2.75) is 20.4 Å². The van der Waals surface area contributed by atoms with Gasteiger partial charge in [0.15, 0.2) is 6.20 Å². The van der Waals surface area contributed by atoms with Gasteiger partial charge >= 0.3 is 5.97 Å². The van der Waals surface area contributed by atoms with E-state index in [1.807, 2.05) is 80.6 Å². The van der Waals surface area contributed by atoms with Gasteiger partial charge in [-0.15, -0.1) is 0 Å². The minimum Gasteiger partial charge on any atom is -0.418 e. The van der Waals surface area contributed by atoms with Crippen LogP contribution in [0, 0.1) is 13.8 Å². The second-order valence-corrected chi connectivity index (χ2v) is 7.33. The van der Waals surface area contributed by atoms with Crippen LogP contribution in [0.25, 0.3) is 10.8 Å². The Morgan fingerprint density at radius 3 is 2.40 bits per heavy atom. The van der Waals surface area contributed by atoms with E-state index in [-0.39, 0.29) is 12.3 Å². The van der Waals surface area contributed by atoms with Crippen molar-refractivity contribution in [1.29, 1.82) is 0 Å². The number of pyridine rings is 1. The van der Waals surface area contributed by atoms with E-state index in [0.29, 0.717) is 17.0 Å². The summed E-state index contributed by atoms with van der Waals surface area (Å²) in [6, 6.07) is 24.3. The number of nitrogens with zero attached hydrogens (tertiary/aromatic N) is 1. The second-order valence-electron chi connectivity index (χ2n) is 7.33. The van der Waals surface area contributed by atoms with E-state index in [2.05, 4.69) is 0 Å². The molecule has 0 spiro atoms. The third-order valence-electron chi connectivity index (χ3n) is 5.09. The van der Waals surface area contributed by atoms with Gasteiger partial charge in [0.1, 0.15) is 5.75 Å². The van der Waals surface area contributed by atoms with Crippen LogP contribution < -0.4 is 9.30 Å². The molecule has 0 N–H and O–H groups in total. The lowest BCUT2D eigenvalue weighted by Crippen LogP contribution is -2.44. The van der Waals surface area contributed by atoms with Crippen LogP contribution >= 0.6 is 0 Å². The number of hydrogen-bond acceptors (Lipinski definition) is 3. The fraction of sp³-hybridized carbons (Fsp3) is 0.115. The van der Waals surface area contributed by atoms with Crippen LogP contribution in [0.2, 0.25) is 0 Å². The molecule has 1 aromatic heterocycles. The number of aromatic nitrogens is 1. The maximum absolute atomic E-state index is 13.3. The molecule has 4 heteroatoms. The van der Waals surface area contributed by atoms with Crippen LogP contribution in [0.15, 0.2) is 85.1 Å². The van der Waals surface area contributed by atoms with Crippen molar-refractivity contribution >= 4 is 22.5 Å². The number of benzene rings is 3. The molecule has 148 valence electrons. The lowest BCUT2D eigenvalue weighted by atomic mass is 10.1. The molecule has 0 unspecified atom stereocenters. The summed E-state index contributed by atoms with van der Waals surface area (Å²) in [7, 11) is 0. The summed E-state index contributed by atoms with van der Waals surface area (Å²) in [5.41, 5.74) is 2.85. The van der Waals surface area contributed by atoms with E-state index < -0.39 is 5.97 Å². The first-order valence-corrected chi connectivity index (χ1v) is 9.82. The number of carbonyl (C=O) groups excluding carboxylic acids is 2.